The van der Waals surface area contributed by atoms with E-state index < -0.39 is 27.4 Å². The van der Waals surface area contributed by atoms with Gasteiger partial charge in [-0.05, 0) is 58.6 Å². The van der Waals surface area contributed by atoms with Crippen molar-refractivity contribution in [1.82, 2.24) is 5.32 Å². The summed E-state index contributed by atoms with van der Waals surface area (Å²) in [7, 11) is -3.97. The first kappa shape index (κ1) is 26.8. The number of nitrogens with one attached hydrogen (secondary N) is 1. The molecule has 0 radical (unpaired) electrons. The zero-order valence-corrected chi connectivity index (χ0v) is 20.0. The summed E-state index contributed by atoms with van der Waals surface area (Å²) in [6.45, 7) is 10.2. The minimum Gasteiger partial charge on any atom is -0.444 e. The lowest BCUT2D eigenvalue weighted by Gasteiger charge is -2.23. The molecule has 0 fully saturated rings. The normalized spacial score (nSPS) is 13.5. The predicted molar refractivity (Wildman–Crippen MR) is 117 cm³/mol. The third-order valence-corrected chi connectivity index (χ3v) is 5.80. The Bertz CT molecular complexity index is 843. The molecule has 0 aliphatic rings. The standard InChI is InChI=1S/C21H34N2O7S/c1-16-9-11-18(12-10-16)31(27,28)29-15-17(14-21(5,6)23(25)26)8-7-13-22-19(24)30-20(2,3)4/h9-12,17H,7-8,13-15H2,1-6H3,(H,22,24)/t17-/m1/s1. The first-order valence-corrected chi connectivity index (χ1v) is 11.6. The van der Waals surface area contributed by atoms with Crippen molar-refractivity contribution in [3.05, 3.63) is 39.9 Å². The zero-order valence-electron chi connectivity index (χ0n) is 19.1. The largest absolute Gasteiger partial charge is 0.444 e. The van der Waals surface area contributed by atoms with Gasteiger partial charge in [0.2, 0.25) is 5.54 Å². The lowest BCUT2D eigenvalue weighted by Crippen LogP contribution is -2.35. The van der Waals surface area contributed by atoms with Crippen molar-refractivity contribution < 1.29 is 27.1 Å². The van der Waals surface area contributed by atoms with Crippen LogP contribution in [-0.2, 0) is 19.0 Å². The quantitative estimate of drug-likeness (QED) is 0.229. The van der Waals surface area contributed by atoms with Crippen LogP contribution >= 0.6 is 0 Å². The second kappa shape index (κ2) is 10.9. The molecule has 1 aromatic carbocycles. The Hall–Kier alpha value is -2.20. The summed E-state index contributed by atoms with van der Waals surface area (Å²) in [5.41, 5.74) is -0.928. The topological polar surface area (TPSA) is 125 Å². The fraction of sp³-hybridized carbons (Fsp3) is 0.667. The van der Waals surface area contributed by atoms with Crippen LogP contribution in [0.15, 0.2) is 29.2 Å². The monoisotopic (exact) mass is 458 g/mol. The van der Waals surface area contributed by atoms with E-state index in [2.05, 4.69) is 5.32 Å². The van der Waals surface area contributed by atoms with Crippen LogP contribution in [0.5, 0.6) is 0 Å². The molecule has 31 heavy (non-hydrogen) atoms. The average Bonchev–Trinajstić information content (AvgIpc) is 2.61. The maximum atomic E-state index is 12.5. The predicted octanol–water partition coefficient (Wildman–Crippen LogP) is 4.07. The van der Waals surface area contributed by atoms with Gasteiger partial charge in [0.15, 0.2) is 0 Å². The molecule has 1 N–H and O–H groups in total. The first-order chi connectivity index (χ1) is 14.1. The average molecular weight is 459 g/mol. The molecule has 1 amide bonds. The van der Waals surface area contributed by atoms with Gasteiger partial charge in [-0.15, -0.1) is 0 Å². The molecule has 1 aromatic rings. The molecule has 0 heterocycles. The summed E-state index contributed by atoms with van der Waals surface area (Å²) in [5.74, 6) is -0.388. The Morgan fingerprint density at radius 2 is 1.74 bits per heavy atom. The molecule has 0 unspecified atom stereocenters. The highest BCUT2D eigenvalue weighted by atomic mass is 32.2. The van der Waals surface area contributed by atoms with Crippen molar-refractivity contribution in [2.24, 2.45) is 5.92 Å². The molecular weight excluding hydrogens is 424 g/mol. The van der Waals surface area contributed by atoms with Gasteiger partial charge < -0.3 is 10.1 Å². The van der Waals surface area contributed by atoms with Gasteiger partial charge in [-0.3, -0.25) is 14.3 Å². The number of amides is 1. The van der Waals surface area contributed by atoms with E-state index in [0.717, 1.165) is 5.56 Å². The Balaban J connectivity index is 2.72. The van der Waals surface area contributed by atoms with E-state index in [0.29, 0.717) is 19.4 Å². The number of rotatable bonds is 11. The zero-order chi connectivity index (χ0) is 23.9. The fourth-order valence-corrected chi connectivity index (χ4v) is 3.86. The Labute approximate surface area is 184 Å². The lowest BCUT2D eigenvalue weighted by atomic mass is 9.88. The third kappa shape index (κ3) is 10.1. The number of hydrogen-bond donors (Lipinski definition) is 1. The lowest BCUT2D eigenvalue weighted by molar-refractivity contribution is -0.563. The van der Waals surface area contributed by atoms with Gasteiger partial charge in [0.05, 0.1) is 11.5 Å². The number of carbonyl (C=O) groups excluding carboxylic acids is 1. The minimum absolute atomic E-state index is 0.0389. The van der Waals surface area contributed by atoms with E-state index in [1.54, 1.807) is 32.9 Å². The molecular formula is C21H34N2O7S. The molecule has 0 saturated carbocycles. The van der Waals surface area contributed by atoms with Gasteiger partial charge in [-0.2, -0.15) is 8.42 Å². The summed E-state index contributed by atoms with van der Waals surface area (Å²) >= 11 is 0. The van der Waals surface area contributed by atoms with Crippen LogP contribution in [-0.4, -0.2) is 43.7 Å². The number of benzene rings is 1. The number of ether oxygens (including phenoxy) is 1. The molecule has 0 bridgehead atoms. The van der Waals surface area contributed by atoms with Gasteiger partial charge >= 0.3 is 6.09 Å². The summed E-state index contributed by atoms with van der Waals surface area (Å²) in [6, 6.07) is 6.27. The van der Waals surface area contributed by atoms with E-state index in [-0.39, 0.29) is 28.8 Å². The SMILES string of the molecule is Cc1ccc(S(=O)(=O)OC[C@H](CCCNC(=O)OC(C)(C)C)CC(C)(C)[N+](=O)[O-])cc1. The Morgan fingerprint density at radius 1 is 1.16 bits per heavy atom. The van der Waals surface area contributed by atoms with Crippen LogP contribution in [0.2, 0.25) is 0 Å². The smallest absolute Gasteiger partial charge is 0.407 e. The number of alkyl carbamates (subject to hydrolysis) is 1. The maximum absolute atomic E-state index is 12.5. The molecule has 176 valence electrons. The highest BCUT2D eigenvalue weighted by Crippen LogP contribution is 2.25. The highest BCUT2D eigenvalue weighted by molar-refractivity contribution is 7.86. The van der Waals surface area contributed by atoms with Crippen LogP contribution < -0.4 is 5.32 Å². The summed E-state index contributed by atoms with van der Waals surface area (Å²) in [5, 5.41) is 14.0. The molecule has 0 spiro atoms. The molecule has 1 atom stereocenters. The van der Waals surface area contributed by atoms with Crippen LogP contribution in [0.4, 0.5) is 4.79 Å². The van der Waals surface area contributed by atoms with Crippen LogP contribution in [0.25, 0.3) is 0 Å². The van der Waals surface area contributed by atoms with E-state index >= 15 is 0 Å². The Kier molecular flexibility index (Phi) is 9.44. The van der Waals surface area contributed by atoms with Crippen molar-refractivity contribution in [1.29, 1.82) is 0 Å². The van der Waals surface area contributed by atoms with E-state index in [9.17, 15) is 23.3 Å². The Morgan fingerprint density at radius 3 is 2.26 bits per heavy atom. The van der Waals surface area contributed by atoms with Crippen LogP contribution in [0.3, 0.4) is 0 Å². The van der Waals surface area contributed by atoms with Gasteiger partial charge in [-0.1, -0.05) is 17.7 Å². The molecule has 9 nitrogen and oxygen atoms in total. The first-order valence-electron chi connectivity index (χ1n) is 10.2. The van der Waals surface area contributed by atoms with E-state index in [1.165, 1.54) is 26.0 Å². The molecule has 0 aliphatic heterocycles. The van der Waals surface area contributed by atoms with Crippen molar-refractivity contribution in [2.75, 3.05) is 13.2 Å². The van der Waals surface area contributed by atoms with Crippen LogP contribution in [0.1, 0.15) is 59.4 Å². The van der Waals surface area contributed by atoms with Crippen molar-refractivity contribution in [3.8, 4) is 0 Å². The molecule has 1 rings (SSSR count). The van der Waals surface area contributed by atoms with Crippen LogP contribution in [0, 0.1) is 23.0 Å². The summed E-state index contributed by atoms with van der Waals surface area (Å²) in [4.78, 5) is 22.7. The number of hydrogen-bond acceptors (Lipinski definition) is 7. The number of nitrogens with zero attached hydrogens (tertiary/aromatic N) is 1. The van der Waals surface area contributed by atoms with Gasteiger partial charge in [0, 0.05) is 31.7 Å². The molecule has 0 saturated heterocycles. The number of nitro groups is 1. The minimum atomic E-state index is -3.97. The fourth-order valence-electron chi connectivity index (χ4n) is 2.88. The number of aryl methyl sites for hydroxylation is 1. The molecule has 10 heteroatoms. The third-order valence-electron chi connectivity index (χ3n) is 4.51. The van der Waals surface area contributed by atoms with Crippen molar-refractivity contribution in [3.63, 3.8) is 0 Å². The highest BCUT2D eigenvalue weighted by Gasteiger charge is 2.34. The molecule has 0 aromatic heterocycles. The van der Waals surface area contributed by atoms with Gasteiger partial charge in [-0.25, -0.2) is 4.79 Å². The van der Waals surface area contributed by atoms with Crippen molar-refractivity contribution >= 4 is 16.2 Å². The van der Waals surface area contributed by atoms with Crippen molar-refractivity contribution in [2.45, 2.75) is 76.8 Å². The summed E-state index contributed by atoms with van der Waals surface area (Å²) < 4.78 is 35.3. The van der Waals surface area contributed by atoms with Gasteiger partial charge in [0.25, 0.3) is 10.1 Å². The van der Waals surface area contributed by atoms with Gasteiger partial charge in [0.1, 0.15) is 5.60 Å². The summed E-state index contributed by atoms with van der Waals surface area (Å²) in [6.07, 6.45) is 0.519. The molecule has 0 aliphatic carbocycles. The second-order valence-corrected chi connectivity index (χ2v) is 10.9. The number of carbonyl (C=O) groups is 1. The second-order valence-electron chi connectivity index (χ2n) is 9.26. The van der Waals surface area contributed by atoms with E-state index in [4.69, 9.17) is 8.92 Å². The van der Waals surface area contributed by atoms with E-state index in [1.807, 2.05) is 6.92 Å². The maximum Gasteiger partial charge on any atom is 0.407 e.